The Hall–Kier alpha value is -0.510. The SMILES string of the molecule is CCCCCCC[C@H]1CCC2C(CCC3C[C@@H](C#N)CCC32)C1. The van der Waals surface area contributed by atoms with Crippen molar-refractivity contribution in [3.63, 3.8) is 0 Å². The first-order valence-corrected chi connectivity index (χ1v) is 10.7. The summed E-state index contributed by atoms with van der Waals surface area (Å²) < 4.78 is 0. The molecular formula is C22H37N. The molecule has 0 aromatic heterocycles. The van der Waals surface area contributed by atoms with Crippen molar-refractivity contribution in [3.05, 3.63) is 0 Å². The lowest BCUT2D eigenvalue weighted by molar-refractivity contribution is 0.00278. The fraction of sp³-hybridized carbons (Fsp3) is 0.955. The molecule has 3 aliphatic carbocycles. The van der Waals surface area contributed by atoms with Gasteiger partial charge in [0.25, 0.3) is 0 Å². The highest BCUT2D eigenvalue weighted by Crippen LogP contribution is 2.53. The number of unbranched alkanes of at least 4 members (excludes halogenated alkanes) is 4. The molecule has 0 aromatic rings. The molecule has 0 saturated heterocycles. The van der Waals surface area contributed by atoms with Gasteiger partial charge in [0.05, 0.1) is 6.07 Å². The highest BCUT2D eigenvalue weighted by molar-refractivity contribution is 4.98. The van der Waals surface area contributed by atoms with Gasteiger partial charge >= 0.3 is 0 Å². The van der Waals surface area contributed by atoms with Crippen LogP contribution in [0.4, 0.5) is 0 Å². The van der Waals surface area contributed by atoms with Crippen molar-refractivity contribution in [2.75, 3.05) is 0 Å². The van der Waals surface area contributed by atoms with Gasteiger partial charge in [-0.15, -0.1) is 0 Å². The number of hydrogen-bond acceptors (Lipinski definition) is 1. The number of rotatable bonds is 6. The highest BCUT2D eigenvalue weighted by Gasteiger charge is 2.44. The zero-order valence-electron chi connectivity index (χ0n) is 15.3. The van der Waals surface area contributed by atoms with Gasteiger partial charge in [-0.05, 0) is 74.5 Å². The summed E-state index contributed by atoms with van der Waals surface area (Å²) >= 11 is 0. The minimum absolute atomic E-state index is 0.382. The summed E-state index contributed by atoms with van der Waals surface area (Å²) in [6.45, 7) is 2.31. The maximum atomic E-state index is 9.23. The lowest BCUT2D eigenvalue weighted by Gasteiger charge is -2.50. The predicted octanol–water partition coefficient (Wildman–Crippen LogP) is 6.73. The molecule has 3 rings (SSSR count). The number of nitrogens with zero attached hydrogens (tertiary/aromatic N) is 1. The van der Waals surface area contributed by atoms with E-state index < -0.39 is 0 Å². The van der Waals surface area contributed by atoms with E-state index in [-0.39, 0.29) is 0 Å². The van der Waals surface area contributed by atoms with Gasteiger partial charge in [0.1, 0.15) is 0 Å². The molecule has 0 amide bonds. The number of fused-ring (bicyclic) bond motifs is 3. The van der Waals surface area contributed by atoms with E-state index in [9.17, 15) is 5.26 Å². The Morgan fingerprint density at radius 3 is 2.22 bits per heavy atom. The monoisotopic (exact) mass is 315 g/mol. The van der Waals surface area contributed by atoms with E-state index in [2.05, 4.69) is 13.0 Å². The summed E-state index contributed by atoms with van der Waals surface area (Å²) in [5.74, 6) is 5.40. The molecule has 0 bridgehead atoms. The van der Waals surface area contributed by atoms with Gasteiger partial charge in [-0.3, -0.25) is 0 Å². The van der Waals surface area contributed by atoms with Crippen LogP contribution in [0.5, 0.6) is 0 Å². The Morgan fingerprint density at radius 2 is 1.48 bits per heavy atom. The maximum absolute atomic E-state index is 9.23. The molecule has 0 spiro atoms. The molecule has 23 heavy (non-hydrogen) atoms. The van der Waals surface area contributed by atoms with Crippen LogP contribution in [0.3, 0.4) is 0 Å². The summed E-state index contributed by atoms with van der Waals surface area (Å²) in [6.07, 6.45) is 20.0. The van der Waals surface area contributed by atoms with E-state index in [1.807, 2.05) is 0 Å². The largest absolute Gasteiger partial charge is 0.198 e. The molecule has 1 heteroatoms. The summed E-state index contributed by atoms with van der Waals surface area (Å²) in [6, 6.07) is 2.55. The Bertz CT molecular complexity index is 395. The van der Waals surface area contributed by atoms with Crippen LogP contribution < -0.4 is 0 Å². The van der Waals surface area contributed by atoms with Crippen molar-refractivity contribution in [2.45, 2.75) is 96.8 Å². The molecule has 3 aliphatic rings. The van der Waals surface area contributed by atoms with Crippen LogP contribution in [0.25, 0.3) is 0 Å². The summed E-state index contributed by atoms with van der Waals surface area (Å²) in [5, 5.41) is 9.23. The highest BCUT2D eigenvalue weighted by atomic mass is 14.5. The second-order valence-corrected chi connectivity index (χ2v) is 8.95. The topological polar surface area (TPSA) is 23.8 Å². The second kappa shape index (κ2) is 8.55. The summed E-state index contributed by atoms with van der Waals surface area (Å²) in [4.78, 5) is 0. The van der Waals surface area contributed by atoms with Gasteiger partial charge < -0.3 is 0 Å². The van der Waals surface area contributed by atoms with E-state index >= 15 is 0 Å². The van der Waals surface area contributed by atoms with Crippen LogP contribution in [0.15, 0.2) is 0 Å². The molecule has 4 unspecified atom stereocenters. The van der Waals surface area contributed by atoms with Crippen LogP contribution in [-0.4, -0.2) is 0 Å². The molecule has 6 atom stereocenters. The van der Waals surface area contributed by atoms with Gasteiger partial charge in [0.2, 0.25) is 0 Å². The average Bonchev–Trinajstić information content (AvgIpc) is 2.60. The fourth-order valence-corrected chi connectivity index (χ4v) is 6.31. The molecule has 130 valence electrons. The van der Waals surface area contributed by atoms with E-state index in [4.69, 9.17) is 0 Å². The third-order valence-corrected chi connectivity index (χ3v) is 7.55. The molecular weight excluding hydrogens is 278 g/mol. The smallest absolute Gasteiger partial charge is 0.0655 e. The van der Waals surface area contributed by atoms with Crippen LogP contribution in [-0.2, 0) is 0 Å². The first kappa shape index (κ1) is 17.3. The van der Waals surface area contributed by atoms with Crippen molar-refractivity contribution in [1.29, 1.82) is 5.26 Å². The van der Waals surface area contributed by atoms with Crippen molar-refractivity contribution in [3.8, 4) is 6.07 Å². The molecule has 0 aromatic carbocycles. The molecule has 3 saturated carbocycles. The van der Waals surface area contributed by atoms with Gasteiger partial charge in [-0.2, -0.15) is 5.26 Å². The van der Waals surface area contributed by atoms with Crippen molar-refractivity contribution in [2.24, 2.45) is 35.5 Å². The van der Waals surface area contributed by atoms with Crippen molar-refractivity contribution >= 4 is 0 Å². The lowest BCUT2D eigenvalue weighted by Crippen LogP contribution is -2.41. The second-order valence-electron chi connectivity index (χ2n) is 8.95. The van der Waals surface area contributed by atoms with Crippen molar-refractivity contribution in [1.82, 2.24) is 0 Å². The third kappa shape index (κ3) is 4.32. The quantitative estimate of drug-likeness (QED) is 0.498. The third-order valence-electron chi connectivity index (χ3n) is 7.55. The van der Waals surface area contributed by atoms with Crippen molar-refractivity contribution < 1.29 is 0 Å². The number of hydrogen-bond donors (Lipinski definition) is 0. The van der Waals surface area contributed by atoms with Gasteiger partial charge in [-0.1, -0.05) is 51.9 Å². The van der Waals surface area contributed by atoms with E-state index in [0.717, 1.165) is 29.6 Å². The molecule has 0 N–H and O–H groups in total. The van der Waals surface area contributed by atoms with Gasteiger partial charge in [0.15, 0.2) is 0 Å². The summed E-state index contributed by atoms with van der Waals surface area (Å²) in [5.41, 5.74) is 0. The summed E-state index contributed by atoms with van der Waals surface area (Å²) in [7, 11) is 0. The normalized spacial score (nSPS) is 40.0. The molecule has 3 fully saturated rings. The Balaban J connectivity index is 1.44. The average molecular weight is 316 g/mol. The Labute approximate surface area is 144 Å². The minimum Gasteiger partial charge on any atom is -0.198 e. The zero-order chi connectivity index (χ0) is 16.1. The van der Waals surface area contributed by atoms with Crippen LogP contribution in [0.2, 0.25) is 0 Å². The van der Waals surface area contributed by atoms with Crippen LogP contribution in [0, 0.1) is 46.8 Å². The zero-order valence-corrected chi connectivity index (χ0v) is 15.3. The number of nitriles is 1. The first-order valence-electron chi connectivity index (χ1n) is 10.7. The molecule has 0 aliphatic heterocycles. The standard InChI is InChI=1S/C22H37N/c1-2-3-4-5-6-7-17-8-12-21-19(14-17)10-11-20-15-18(16-23)9-13-22(20)21/h17-22H,2-15H2,1H3/t17-,18-,19?,20?,21?,22?/m0/s1. The van der Waals surface area contributed by atoms with Gasteiger partial charge in [0, 0.05) is 5.92 Å². The van der Waals surface area contributed by atoms with E-state index in [0.29, 0.717) is 5.92 Å². The lowest BCUT2D eigenvalue weighted by atomic mass is 9.55. The Morgan fingerprint density at radius 1 is 0.783 bits per heavy atom. The van der Waals surface area contributed by atoms with Gasteiger partial charge in [-0.25, -0.2) is 0 Å². The van der Waals surface area contributed by atoms with Crippen LogP contribution >= 0.6 is 0 Å². The first-order chi connectivity index (χ1) is 11.3. The maximum Gasteiger partial charge on any atom is 0.0655 e. The Kier molecular flexibility index (Phi) is 6.44. The van der Waals surface area contributed by atoms with E-state index in [1.54, 1.807) is 6.42 Å². The molecule has 1 nitrogen and oxygen atoms in total. The molecule has 0 radical (unpaired) electrons. The van der Waals surface area contributed by atoms with Crippen LogP contribution in [0.1, 0.15) is 96.8 Å². The fourth-order valence-electron chi connectivity index (χ4n) is 6.31. The minimum atomic E-state index is 0.382. The van der Waals surface area contributed by atoms with E-state index in [1.165, 1.54) is 83.5 Å². The predicted molar refractivity (Wildman–Crippen MR) is 96.9 cm³/mol. The molecule has 0 heterocycles.